The average Bonchev–Trinajstić information content (AvgIpc) is 3.05. The maximum Gasteiger partial charge on any atom is 0.101 e. The van der Waals surface area contributed by atoms with Crippen molar-refractivity contribution in [2.45, 2.75) is 64.1 Å². The molecule has 0 spiro atoms. The van der Waals surface area contributed by atoms with Gasteiger partial charge >= 0.3 is 0 Å². The molecule has 27 heavy (non-hydrogen) atoms. The number of aliphatic hydroxyl groups excluding tert-OH is 1. The molecular formula is C24H32N2O. The van der Waals surface area contributed by atoms with Crippen LogP contribution in [0.1, 0.15) is 50.9 Å². The molecule has 0 amide bonds. The van der Waals surface area contributed by atoms with Crippen molar-refractivity contribution < 1.29 is 5.11 Å². The fourth-order valence-corrected chi connectivity index (χ4v) is 4.55. The molecular weight excluding hydrogens is 332 g/mol. The van der Waals surface area contributed by atoms with E-state index < -0.39 is 6.10 Å². The second-order valence-electron chi connectivity index (χ2n) is 7.93. The summed E-state index contributed by atoms with van der Waals surface area (Å²) in [6, 6.07) is 22.3. The van der Waals surface area contributed by atoms with Gasteiger partial charge in [0.15, 0.2) is 0 Å². The summed E-state index contributed by atoms with van der Waals surface area (Å²) in [5.74, 6) is 0. The van der Waals surface area contributed by atoms with Crippen molar-refractivity contribution in [2.75, 3.05) is 0 Å². The fourth-order valence-electron chi connectivity index (χ4n) is 4.55. The molecule has 1 fully saturated rings. The van der Waals surface area contributed by atoms with E-state index in [0.717, 1.165) is 0 Å². The summed E-state index contributed by atoms with van der Waals surface area (Å²) in [4.78, 5) is 4.92. The SMILES string of the molecule is C=CC(O)C1N(C(C)C)[C@H](c2ccccc2)[C@@H](c2ccccc2)N1C(C)C. The van der Waals surface area contributed by atoms with Crippen molar-refractivity contribution in [3.05, 3.63) is 84.4 Å². The van der Waals surface area contributed by atoms with E-state index in [0.29, 0.717) is 0 Å². The van der Waals surface area contributed by atoms with Gasteiger partial charge in [0.25, 0.3) is 0 Å². The molecule has 0 bridgehead atoms. The first-order chi connectivity index (χ1) is 13.0. The van der Waals surface area contributed by atoms with Gasteiger partial charge in [-0.3, -0.25) is 9.80 Å². The van der Waals surface area contributed by atoms with E-state index >= 15 is 0 Å². The van der Waals surface area contributed by atoms with Gasteiger partial charge in [0, 0.05) is 12.1 Å². The smallest absolute Gasteiger partial charge is 0.101 e. The first-order valence-corrected chi connectivity index (χ1v) is 9.92. The molecule has 3 heteroatoms. The zero-order valence-electron chi connectivity index (χ0n) is 16.9. The standard InChI is InChI=1S/C24H32N2O/c1-6-21(27)24-25(17(2)3)22(19-13-9-7-10-14-19)23(26(24)18(4)5)20-15-11-8-12-16-20/h6-18,21-24,27H,1H2,2-5H3/t21?,22-,23-/m1/s1. The monoisotopic (exact) mass is 364 g/mol. The van der Waals surface area contributed by atoms with E-state index in [1.807, 2.05) is 0 Å². The van der Waals surface area contributed by atoms with Crippen LogP contribution < -0.4 is 0 Å². The third kappa shape index (κ3) is 3.73. The Morgan fingerprint density at radius 2 is 1.15 bits per heavy atom. The molecule has 0 saturated carbocycles. The van der Waals surface area contributed by atoms with Crippen LogP contribution in [0.25, 0.3) is 0 Å². The van der Waals surface area contributed by atoms with E-state index in [9.17, 15) is 5.11 Å². The largest absolute Gasteiger partial charge is 0.386 e. The second kappa shape index (κ2) is 8.39. The Morgan fingerprint density at radius 1 is 0.778 bits per heavy atom. The second-order valence-corrected chi connectivity index (χ2v) is 7.93. The lowest BCUT2D eigenvalue weighted by Gasteiger charge is -2.38. The minimum absolute atomic E-state index is 0.113. The number of nitrogens with zero attached hydrogens (tertiary/aromatic N) is 2. The molecule has 2 aromatic carbocycles. The maximum absolute atomic E-state index is 10.9. The van der Waals surface area contributed by atoms with Gasteiger partial charge in [0.1, 0.15) is 6.10 Å². The van der Waals surface area contributed by atoms with Crippen LogP contribution in [0, 0.1) is 0 Å². The van der Waals surface area contributed by atoms with Crippen LogP contribution in [0.3, 0.4) is 0 Å². The van der Waals surface area contributed by atoms with E-state index in [1.165, 1.54) is 11.1 Å². The van der Waals surface area contributed by atoms with Gasteiger partial charge in [-0.2, -0.15) is 0 Å². The molecule has 3 nitrogen and oxygen atoms in total. The van der Waals surface area contributed by atoms with Gasteiger partial charge in [-0.15, -0.1) is 6.58 Å². The lowest BCUT2D eigenvalue weighted by molar-refractivity contribution is -0.00989. The van der Waals surface area contributed by atoms with Gasteiger partial charge in [-0.1, -0.05) is 66.7 Å². The highest BCUT2D eigenvalue weighted by Crippen LogP contribution is 2.49. The van der Waals surface area contributed by atoms with Crippen LogP contribution in [0.2, 0.25) is 0 Å². The molecule has 3 atom stereocenters. The highest BCUT2D eigenvalue weighted by molar-refractivity contribution is 5.31. The van der Waals surface area contributed by atoms with Crippen molar-refractivity contribution in [3.8, 4) is 0 Å². The summed E-state index contributed by atoms with van der Waals surface area (Å²) in [5, 5.41) is 10.9. The number of hydrogen-bond acceptors (Lipinski definition) is 3. The van der Waals surface area contributed by atoms with Gasteiger partial charge in [-0.05, 0) is 38.8 Å². The Balaban J connectivity index is 2.22. The van der Waals surface area contributed by atoms with E-state index in [2.05, 4.69) is 105 Å². The highest BCUT2D eigenvalue weighted by atomic mass is 16.3. The molecule has 0 radical (unpaired) electrons. The van der Waals surface area contributed by atoms with Crippen LogP contribution in [0.5, 0.6) is 0 Å². The number of aliphatic hydroxyl groups is 1. The van der Waals surface area contributed by atoms with Gasteiger partial charge in [0.05, 0.1) is 18.2 Å². The van der Waals surface area contributed by atoms with E-state index in [1.54, 1.807) is 6.08 Å². The Morgan fingerprint density at radius 3 is 1.44 bits per heavy atom. The summed E-state index contributed by atoms with van der Waals surface area (Å²) in [6.45, 7) is 12.7. The van der Waals surface area contributed by atoms with E-state index in [4.69, 9.17) is 0 Å². The van der Waals surface area contributed by atoms with E-state index in [-0.39, 0.29) is 30.3 Å². The van der Waals surface area contributed by atoms with Crippen molar-refractivity contribution in [2.24, 2.45) is 0 Å². The quantitative estimate of drug-likeness (QED) is 0.748. The summed E-state index contributed by atoms with van der Waals surface area (Å²) in [6.07, 6.45) is 0.942. The topological polar surface area (TPSA) is 26.7 Å². The Labute approximate surface area is 163 Å². The zero-order chi connectivity index (χ0) is 19.6. The van der Waals surface area contributed by atoms with Gasteiger partial charge < -0.3 is 5.11 Å². The molecule has 0 aliphatic carbocycles. The van der Waals surface area contributed by atoms with Crippen molar-refractivity contribution in [3.63, 3.8) is 0 Å². The number of hydrogen-bond donors (Lipinski definition) is 1. The highest BCUT2D eigenvalue weighted by Gasteiger charge is 2.51. The predicted molar refractivity (Wildman–Crippen MR) is 112 cm³/mol. The molecule has 1 saturated heterocycles. The molecule has 1 unspecified atom stereocenters. The predicted octanol–water partition coefficient (Wildman–Crippen LogP) is 4.78. The summed E-state index contributed by atoms with van der Waals surface area (Å²) in [5.41, 5.74) is 2.56. The van der Waals surface area contributed by atoms with Gasteiger partial charge in [-0.25, -0.2) is 0 Å². The maximum atomic E-state index is 10.9. The molecule has 3 rings (SSSR count). The van der Waals surface area contributed by atoms with Crippen molar-refractivity contribution in [1.82, 2.24) is 9.80 Å². The van der Waals surface area contributed by atoms with Crippen LogP contribution in [-0.2, 0) is 0 Å². The Hall–Kier alpha value is -1.94. The van der Waals surface area contributed by atoms with Crippen molar-refractivity contribution >= 4 is 0 Å². The summed E-state index contributed by atoms with van der Waals surface area (Å²) >= 11 is 0. The normalized spacial score (nSPS) is 23.2. The number of benzene rings is 2. The van der Waals surface area contributed by atoms with Crippen LogP contribution in [-0.4, -0.2) is 39.3 Å². The molecule has 1 aliphatic rings. The zero-order valence-corrected chi connectivity index (χ0v) is 16.9. The first kappa shape index (κ1) is 19.8. The Kier molecular flexibility index (Phi) is 6.15. The molecule has 1 N–H and O–H groups in total. The molecule has 144 valence electrons. The summed E-state index contributed by atoms with van der Waals surface area (Å²) in [7, 11) is 0. The molecule has 0 aromatic heterocycles. The molecule has 1 aliphatic heterocycles. The minimum atomic E-state index is -0.616. The van der Waals surface area contributed by atoms with Crippen LogP contribution in [0.4, 0.5) is 0 Å². The van der Waals surface area contributed by atoms with Crippen LogP contribution in [0.15, 0.2) is 73.3 Å². The van der Waals surface area contributed by atoms with Crippen LogP contribution >= 0.6 is 0 Å². The molecule has 2 aromatic rings. The average molecular weight is 365 g/mol. The number of rotatable bonds is 6. The summed E-state index contributed by atoms with van der Waals surface area (Å²) < 4.78 is 0. The molecule has 1 heterocycles. The van der Waals surface area contributed by atoms with Crippen molar-refractivity contribution in [1.29, 1.82) is 0 Å². The lowest BCUT2D eigenvalue weighted by Crippen LogP contribution is -2.51. The van der Waals surface area contributed by atoms with Gasteiger partial charge in [0.2, 0.25) is 0 Å². The third-order valence-corrected chi connectivity index (χ3v) is 5.57. The first-order valence-electron chi connectivity index (χ1n) is 9.92. The fraction of sp³-hybridized carbons (Fsp3) is 0.417. The Bertz CT molecular complexity index is 671. The third-order valence-electron chi connectivity index (χ3n) is 5.57. The minimum Gasteiger partial charge on any atom is -0.386 e. The lowest BCUT2D eigenvalue weighted by atomic mass is 9.92.